The van der Waals surface area contributed by atoms with Crippen LogP contribution in [0.4, 0.5) is 0 Å². The third kappa shape index (κ3) is 1.63. The van der Waals surface area contributed by atoms with Gasteiger partial charge in [0, 0.05) is 7.11 Å². The van der Waals surface area contributed by atoms with Gasteiger partial charge in [-0.2, -0.15) is 0 Å². The van der Waals surface area contributed by atoms with Crippen molar-refractivity contribution in [2.24, 2.45) is 0 Å². The highest BCUT2D eigenvalue weighted by Crippen LogP contribution is 2.00. The van der Waals surface area contributed by atoms with Crippen LogP contribution >= 0.6 is 12.6 Å². The molecule has 1 aliphatic heterocycles. The van der Waals surface area contributed by atoms with E-state index in [0.717, 1.165) is 0 Å². The Labute approximate surface area is 68.9 Å². The van der Waals surface area contributed by atoms with Crippen molar-refractivity contribution in [3.63, 3.8) is 0 Å². The molecule has 2 N–H and O–H groups in total. The van der Waals surface area contributed by atoms with Crippen LogP contribution < -0.4 is 10.6 Å². The van der Waals surface area contributed by atoms with Crippen LogP contribution in [0.1, 0.15) is 0 Å². The molecule has 0 aromatic rings. The Bertz CT molecular complexity index is 178. The van der Waals surface area contributed by atoms with Crippen molar-refractivity contribution in [1.29, 1.82) is 0 Å². The molecule has 1 fully saturated rings. The van der Waals surface area contributed by atoms with Crippen LogP contribution in [0.25, 0.3) is 0 Å². The number of methoxy groups -OCH3 is 1. The molecule has 1 saturated heterocycles. The highest BCUT2D eigenvalue weighted by molar-refractivity contribution is 7.80. The summed E-state index contributed by atoms with van der Waals surface area (Å²) in [5, 5.41) is 4.76. The van der Waals surface area contributed by atoms with Crippen LogP contribution in [0.15, 0.2) is 0 Å². The van der Waals surface area contributed by atoms with Crippen LogP contribution in [0.5, 0.6) is 0 Å². The number of carbonyl (C=O) groups excluding carboxylic acids is 2. The Morgan fingerprint density at radius 2 is 1.82 bits per heavy atom. The summed E-state index contributed by atoms with van der Waals surface area (Å²) < 4.78 is 4.61. The van der Waals surface area contributed by atoms with Gasteiger partial charge in [0.1, 0.15) is 5.50 Å². The fraction of sp³-hybridized carbons (Fsp3) is 0.600. The molecule has 0 aromatic carbocycles. The lowest BCUT2D eigenvalue weighted by molar-refractivity contribution is -0.147. The molecule has 1 rings (SSSR count). The maximum absolute atomic E-state index is 10.9. The topological polar surface area (TPSA) is 67.4 Å². The zero-order valence-corrected chi connectivity index (χ0v) is 6.72. The van der Waals surface area contributed by atoms with Crippen molar-refractivity contribution < 1.29 is 14.3 Å². The number of carbonyl (C=O) groups is 2. The van der Waals surface area contributed by atoms with Crippen LogP contribution in [0.2, 0.25) is 0 Å². The quantitative estimate of drug-likeness (QED) is 0.335. The van der Waals surface area contributed by atoms with Gasteiger partial charge < -0.3 is 15.4 Å². The van der Waals surface area contributed by atoms with E-state index in [9.17, 15) is 9.59 Å². The van der Waals surface area contributed by atoms with Gasteiger partial charge in [-0.3, -0.25) is 9.59 Å². The van der Waals surface area contributed by atoms with Gasteiger partial charge in [-0.1, -0.05) is 0 Å². The first-order valence-electron chi connectivity index (χ1n) is 2.97. The first kappa shape index (κ1) is 8.35. The Morgan fingerprint density at radius 1 is 1.36 bits per heavy atom. The van der Waals surface area contributed by atoms with Crippen LogP contribution in [0, 0.1) is 0 Å². The smallest absolute Gasteiger partial charge is 0.261 e. The van der Waals surface area contributed by atoms with Gasteiger partial charge in [-0.25, -0.2) is 0 Å². The highest BCUT2D eigenvalue weighted by atomic mass is 32.1. The molecule has 5 nitrogen and oxygen atoms in total. The van der Waals surface area contributed by atoms with E-state index in [1.54, 1.807) is 0 Å². The molecule has 6 heteroatoms. The molecule has 0 aromatic heterocycles. The second-order valence-corrected chi connectivity index (χ2v) is 2.55. The Balaban J connectivity index is 2.67. The Kier molecular flexibility index (Phi) is 2.35. The summed E-state index contributed by atoms with van der Waals surface area (Å²) in [5.74, 6) is -0.924. The fourth-order valence-electron chi connectivity index (χ4n) is 0.790. The van der Waals surface area contributed by atoms with Crippen molar-refractivity contribution in [2.45, 2.75) is 11.6 Å². The predicted molar refractivity (Wildman–Crippen MR) is 39.9 cm³/mol. The zero-order valence-electron chi connectivity index (χ0n) is 5.83. The van der Waals surface area contributed by atoms with E-state index in [1.165, 1.54) is 7.11 Å². The van der Waals surface area contributed by atoms with Crippen molar-refractivity contribution >= 4 is 24.4 Å². The summed E-state index contributed by atoms with van der Waals surface area (Å²) in [4.78, 5) is 21.8. The van der Waals surface area contributed by atoms with Gasteiger partial charge in [-0.15, -0.1) is 12.6 Å². The lowest BCUT2D eigenvalue weighted by Gasteiger charge is -2.25. The van der Waals surface area contributed by atoms with Gasteiger partial charge in [-0.05, 0) is 0 Å². The maximum atomic E-state index is 10.9. The fourth-order valence-corrected chi connectivity index (χ4v) is 1.04. The molecule has 0 atom stereocenters. The van der Waals surface area contributed by atoms with Crippen molar-refractivity contribution in [3.05, 3.63) is 0 Å². The number of hydrogen-bond donors (Lipinski definition) is 3. The average molecular weight is 176 g/mol. The number of hydrogen-bond acceptors (Lipinski definition) is 4. The second-order valence-electron chi connectivity index (χ2n) is 2.04. The summed E-state index contributed by atoms with van der Waals surface area (Å²) in [5.41, 5.74) is -0.610. The lowest BCUT2D eigenvalue weighted by Crippen LogP contribution is -2.60. The second kappa shape index (κ2) is 3.10. The first-order chi connectivity index (χ1) is 5.15. The van der Waals surface area contributed by atoms with E-state index >= 15 is 0 Å². The molecule has 1 aliphatic rings. The number of thiol groups is 1. The van der Waals surface area contributed by atoms with Crippen molar-refractivity contribution in [2.75, 3.05) is 7.11 Å². The molecule has 0 radical (unpaired) electrons. The van der Waals surface area contributed by atoms with Gasteiger partial charge in [0.05, 0.1) is 0 Å². The predicted octanol–water partition coefficient (Wildman–Crippen LogP) is -1.54. The molecule has 2 amide bonds. The van der Waals surface area contributed by atoms with E-state index in [0.29, 0.717) is 0 Å². The molecule has 0 spiro atoms. The molecular formula is C5H8N2O3S. The minimum Gasteiger partial charge on any atom is -0.362 e. The van der Waals surface area contributed by atoms with E-state index in [2.05, 4.69) is 28.0 Å². The van der Waals surface area contributed by atoms with Gasteiger partial charge in [0.2, 0.25) is 6.10 Å². The number of amides is 2. The number of nitrogens with one attached hydrogen (secondary N) is 2. The third-order valence-corrected chi connectivity index (χ3v) is 1.53. The number of rotatable bonds is 1. The average Bonchev–Trinajstić information content (AvgIpc) is 1.85. The largest absolute Gasteiger partial charge is 0.362 e. The number of ether oxygens (including phenoxy) is 1. The van der Waals surface area contributed by atoms with Gasteiger partial charge >= 0.3 is 0 Å². The molecule has 0 aliphatic carbocycles. The van der Waals surface area contributed by atoms with Crippen molar-refractivity contribution in [1.82, 2.24) is 10.6 Å². The van der Waals surface area contributed by atoms with E-state index in [1.807, 2.05) is 0 Å². The third-order valence-electron chi connectivity index (χ3n) is 1.27. The summed E-state index contributed by atoms with van der Waals surface area (Å²) in [6.45, 7) is 0. The molecule has 0 unspecified atom stereocenters. The van der Waals surface area contributed by atoms with Crippen LogP contribution in [-0.2, 0) is 14.3 Å². The summed E-state index contributed by atoms with van der Waals surface area (Å²) >= 11 is 3.84. The Morgan fingerprint density at radius 3 is 2.18 bits per heavy atom. The first-order valence-corrected chi connectivity index (χ1v) is 3.48. The van der Waals surface area contributed by atoms with Crippen molar-refractivity contribution in [3.8, 4) is 0 Å². The minimum atomic E-state index is -1.04. The monoisotopic (exact) mass is 176 g/mol. The van der Waals surface area contributed by atoms with E-state index in [4.69, 9.17) is 0 Å². The summed E-state index contributed by atoms with van der Waals surface area (Å²) in [6, 6.07) is 0. The van der Waals surface area contributed by atoms with E-state index in [-0.39, 0.29) is 0 Å². The van der Waals surface area contributed by atoms with E-state index < -0.39 is 23.4 Å². The van der Waals surface area contributed by atoms with Gasteiger partial charge in [0.15, 0.2) is 0 Å². The normalized spacial score (nSPS) is 31.1. The van der Waals surface area contributed by atoms with Crippen LogP contribution in [0.3, 0.4) is 0 Å². The summed E-state index contributed by atoms with van der Waals surface area (Å²) in [7, 11) is 1.29. The molecular weight excluding hydrogens is 168 g/mol. The molecule has 62 valence electrons. The lowest BCUT2D eigenvalue weighted by atomic mass is 10.3. The Hall–Kier alpha value is -0.750. The molecule has 0 saturated carbocycles. The van der Waals surface area contributed by atoms with Crippen LogP contribution in [-0.4, -0.2) is 30.5 Å². The minimum absolute atomic E-state index is 0.462. The standard InChI is InChI=1S/C5H8N2O3S/c1-10-2-3(8)6-5(11)7-4(2)9/h2,5,11H,1H3,(H,6,8)(H,7,9). The molecule has 1 heterocycles. The highest BCUT2D eigenvalue weighted by Gasteiger charge is 2.33. The maximum Gasteiger partial charge on any atom is 0.261 e. The SMILES string of the molecule is COC1C(=O)NC(S)NC1=O. The summed E-state index contributed by atoms with van der Waals surface area (Å²) in [6.07, 6.45) is -1.04. The zero-order chi connectivity index (χ0) is 8.43. The molecule has 0 bridgehead atoms. The van der Waals surface area contributed by atoms with Gasteiger partial charge in [0.25, 0.3) is 11.8 Å². The molecule has 11 heavy (non-hydrogen) atoms.